The molecule has 4 nitrogen and oxygen atoms in total. The second-order valence-corrected chi connectivity index (χ2v) is 6.56. The molecule has 1 atom stereocenters. The van der Waals surface area contributed by atoms with Crippen LogP contribution >= 0.6 is 23.4 Å². The fraction of sp³-hybridized carbons (Fsp3) is 0.538. The lowest BCUT2D eigenvalue weighted by Gasteiger charge is -2.22. The van der Waals surface area contributed by atoms with Crippen LogP contribution in [0.15, 0.2) is 12.1 Å². The van der Waals surface area contributed by atoms with Gasteiger partial charge in [-0.2, -0.15) is 11.8 Å². The fourth-order valence-electron chi connectivity index (χ4n) is 2.19. The number of rotatable bonds is 4. The van der Waals surface area contributed by atoms with E-state index in [0.29, 0.717) is 5.25 Å². The minimum Gasteiger partial charge on any atom is -0.384 e. The number of aryl methyl sites for hydroxylation is 1. The molecule has 1 heterocycles. The van der Waals surface area contributed by atoms with Gasteiger partial charge in [0.05, 0.1) is 4.92 Å². The van der Waals surface area contributed by atoms with Crippen molar-refractivity contribution in [1.29, 1.82) is 0 Å². The van der Waals surface area contributed by atoms with E-state index < -0.39 is 4.92 Å². The SMILES string of the molecule is Cc1cc([N+](=O)[O-])c(Cl)cc1NCC1CCCCS1. The first kappa shape index (κ1) is 14.5. The van der Waals surface area contributed by atoms with Crippen LogP contribution in [0.3, 0.4) is 0 Å². The molecule has 19 heavy (non-hydrogen) atoms. The van der Waals surface area contributed by atoms with Crippen molar-refractivity contribution >= 4 is 34.7 Å². The molecule has 0 spiro atoms. The monoisotopic (exact) mass is 300 g/mol. The Morgan fingerprint density at radius 2 is 2.32 bits per heavy atom. The Labute approximate surface area is 122 Å². The molecule has 1 fully saturated rings. The minimum atomic E-state index is -0.448. The van der Waals surface area contributed by atoms with E-state index in [-0.39, 0.29) is 10.7 Å². The number of nitro groups is 1. The van der Waals surface area contributed by atoms with Crippen LogP contribution in [0, 0.1) is 17.0 Å². The highest BCUT2D eigenvalue weighted by Gasteiger charge is 2.17. The third-order valence-electron chi connectivity index (χ3n) is 3.28. The number of thioether (sulfide) groups is 1. The van der Waals surface area contributed by atoms with Crippen LogP contribution in [-0.2, 0) is 0 Å². The van der Waals surface area contributed by atoms with E-state index in [4.69, 9.17) is 11.6 Å². The van der Waals surface area contributed by atoms with Gasteiger partial charge in [0.1, 0.15) is 5.02 Å². The normalized spacial score (nSPS) is 19.2. The topological polar surface area (TPSA) is 55.2 Å². The summed E-state index contributed by atoms with van der Waals surface area (Å²) in [6, 6.07) is 3.18. The van der Waals surface area contributed by atoms with Crippen LogP contribution in [0.4, 0.5) is 11.4 Å². The Kier molecular flexibility index (Phi) is 4.93. The lowest BCUT2D eigenvalue weighted by atomic mass is 10.1. The molecule has 1 aromatic carbocycles. The van der Waals surface area contributed by atoms with Gasteiger partial charge in [-0.25, -0.2) is 0 Å². The molecule has 0 aromatic heterocycles. The summed E-state index contributed by atoms with van der Waals surface area (Å²) < 4.78 is 0. The van der Waals surface area contributed by atoms with E-state index in [1.165, 1.54) is 31.1 Å². The molecule has 104 valence electrons. The number of halogens is 1. The molecule has 1 aromatic rings. The van der Waals surface area contributed by atoms with E-state index in [0.717, 1.165) is 17.8 Å². The largest absolute Gasteiger partial charge is 0.384 e. The highest BCUT2D eigenvalue weighted by atomic mass is 35.5. The van der Waals surface area contributed by atoms with Gasteiger partial charge < -0.3 is 5.32 Å². The predicted molar refractivity (Wildman–Crippen MR) is 81.4 cm³/mol. The van der Waals surface area contributed by atoms with Gasteiger partial charge in [-0.15, -0.1) is 0 Å². The third-order valence-corrected chi connectivity index (χ3v) is 4.99. The molecule has 1 aliphatic heterocycles. The zero-order valence-corrected chi connectivity index (χ0v) is 12.4. The molecular formula is C13H17ClN2O2S. The highest BCUT2D eigenvalue weighted by molar-refractivity contribution is 7.99. The molecule has 0 radical (unpaired) electrons. The van der Waals surface area contributed by atoms with Crippen molar-refractivity contribution in [2.45, 2.75) is 31.4 Å². The molecule has 0 bridgehead atoms. The third kappa shape index (κ3) is 3.76. The van der Waals surface area contributed by atoms with Crippen molar-refractivity contribution in [3.63, 3.8) is 0 Å². The number of nitrogens with one attached hydrogen (secondary N) is 1. The Balaban J connectivity index is 2.04. The lowest BCUT2D eigenvalue weighted by molar-refractivity contribution is -0.384. The van der Waals surface area contributed by atoms with Gasteiger partial charge in [-0.3, -0.25) is 10.1 Å². The highest BCUT2D eigenvalue weighted by Crippen LogP contribution is 2.31. The fourth-order valence-corrected chi connectivity index (χ4v) is 3.66. The molecule has 0 saturated carbocycles. The number of hydrogen-bond acceptors (Lipinski definition) is 4. The standard InChI is InChI=1S/C13H17ClN2O2S/c1-9-6-13(16(17)18)11(14)7-12(9)15-8-10-4-2-3-5-19-10/h6-7,10,15H,2-5,8H2,1H3. The maximum absolute atomic E-state index is 10.8. The zero-order chi connectivity index (χ0) is 13.8. The summed E-state index contributed by atoms with van der Waals surface area (Å²) in [7, 11) is 0. The van der Waals surface area contributed by atoms with Crippen LogP contribution in [0.25, 0.3) is 0 Å². The Bertz CT molecular complexity index is 476. The van der Waals surface area contributed by atoms with Crippen molar-refractivity contribution in [2.75, 3.05) is 17.6 Å². The number of benzene rings is 1. The first-order chi connectivity index (χ1) is 9.08. The number of nitro benzene ring substituents is 1. The van der Waals surface area contributed by atoms with E-state index in [1.807, 2.05) is 18.7 Å². The first-order valence-corrected chi connectivity index (χ1v) is 7.80. The summed E-state index contributed by atoms with van der Waals surface area (Å²) in [4.78, 5) is 10.3. The van der Waals surface area contributed by atoms with Crippen molar-refractivity contribution in [2.24, 2.45) is 0 Å². The van der Waals surface area contributed by atoms with Crippen molar-refractivity contribution in [1.82, 2.24) is 0 Å². The number of hydrogen-bond donors (Lipinski definition) is 1. The van der Waals surface area contributed by atoms with Gasteiger partial charge in [0.2, 0.25) is 0 Å². The second-order valence-electron chi connectivity index (χ2n) is 4.75. The van der Waals surface area contributed by atoms with E-state index in [9.17, 15) is 10.1 Å². The number of anilines is 1. The van der Waals surface area contributed by atoms with Gasteiger partial charge in [0, 0.05) is 23.5 Å². The first-order valence-electron chi connectivity index (χ1n) is 6.38. The van der Waals surface area contributed by atoms with Gasteiger partial charge in [-0.1, -0.05) is 18.0 Å². The lowest BCUT2D eigenvalue weighted by Crippen LogP contribution is -2.20. The summed E-state index contributed by atoms with van der Waals surface area (Å²) in [5.74, 6) is 1.23. The Hall–Kier alpha value is -0.940. The van der Waals surface area contributed by atoms with Gasteiger partial charge in [-0.05, 0) is 37.1 Å². The molecule has 0 amide bonds. The zero-order valence-electron chi connectivity index (χ0n) is 10.8. The summed E-state index contributed by atoms with van der Waals surface area (Å²) in [5.41, 5.74) is 1.72. The van der Waals surface area contributed by atoms with E-state index in [1.54, 1.807) is 6.07 Å². The maximum atomic E-state index is 10.8. The predicted octanol–water partition coefficient (Wildman–Crippen LogP) is 4.25. The molecule has 1 unspecified atom stereocenters. The van der Waals surface area contributed by atoms with E-state index >= 15 is 0 Å². The summed E-state index contributed by atoms with van der Waals surface area (Å²) >= 11 is 7.93. The summed E-state index contributed by atoms with van der Waals surface area (Å²) in [5, 5.41) is 15.0. The van der Waals surface area contributed by atoms with Crippen LogP contribution < -0.4 is 5.32 Å². The number of nitrogens with zero attached hydrogens (tertiary/aromatic N) is 1. The van der Waals surface area contributed by atoms with E-state index in [2.05, 4.69) is 5.32 Å². The molecular weight excluding hydrogens is 284 g/mol. The quantitative estimate of drug-likeness (QED) is 0.667. The van der Waals surface area contributed by atoms with Crippen LogP contribution in [0.2, 0.25) is 5.02 Å². The molecule has 1 N–H and O–H groups in total. The van der Waals surface area contributed by atoms with Gasteiger partial charge >= 0.3 is 0 Å². The molecule has 1 saturated heterocycles. The van der Waals surface area contributed by atoms with Crippen LogP contribution in [0.5, 0.6) is 0 Å². The van der Waals surface area contributed by atoms with Gasteiger partial charge in [0.25, 0.3) is 5.69 Å². The minimum absolute atomic E-state index is 0.0308. The molecule has 1 aliphatic rings. The Morgan fingerprint density at radius 3 is 2.95 bits per heavy atom. The summed E-state index contributed by atoms with van der Waals surface area (Å²) in [6.07, 6.45) is 3.83. The van der Waals surface area contributed by atoms with Crippen molar-refractivity contribution in [3.05, 3.63) is 32.8 Å². The molecule has 6 heteroatoms. The second kappa shape index (κ2) is 6.48. The Morgan fingerprint density at radius 1 is 1.53 bits per heavy atom. The average Bonchev–Trinajstić information content (AvgIpc) is 2.40. The average molecular weight is 301 g/mol. The van der Waals surface area contributed by atoms with Crippen LogP contribution in [-0.4, -0.2) is 22.5 Å². The van der Waals surface area contributed by atoms with Gasteiger partial charge in [0.15, 0.2) is 0 Å². The molecule has 0 aliphatic carbocycles. The van der Waals surface area contributed by atoms with Crippen LogP contribution in [0.1, 0.15) is 24.8 Å². The van der Waals surface area contributed by atoms with Crippen molar-refractivity contribution < 1.29 is 4.92 Å². The maximum Gasteiger partial charge on any atom is 0.288 e. The smallest absolute Gasteiger partial charge is 0.288 e. The van der Waals surface area contributed by atoms with Crippen molar-refractivity contribution in [3.8, 4) is 0 Å². The summed E-state index contributed by atoms with van der Waals surface area (Å²) in [6.45, 7) is 2.75. The molecule has 2 rings (SSSR count).